The van der Waals surface area contributed by atoms with Gasteiger partial charge in [-0.3, -0.25) is 9.59 Å². The summed E-state index contributed by atoms with van der Waals surface area (Å²) in [5.74, 6) is 0.399. The van der Waals surface area contributed by atoms with Gasteiger partial charge in [0.15, 0.2) is 0 Å². The van der Waals surface area contributed by atoms with E-state index in [2.05, 4.69) is 5.32 Å². The number of benzene rings is 1. The van der Waals surface area contributed by atoms with Gasteiger partial charge in [0.25, 0.3) is 5.91 Å². The fourth-order valence-corrected chi connectivity index (χ4v) is 5.77. The summed E-state index contributed by atoms with van der Waals surface area (Å²) in [5.41, 5.74) is 0.382. The predicted octanol–water partition coefficient (Wildman–Crippen LogP) is 2.47. The number of halogens is 2. The van der Waals surface area contributed by atoms with Gasteiger partial charge >= 0.3 is 0 Å². The minimum atomic E-state index is -3.89. The second-order valence-corrected chi connectivity index (χ2v) is 9.53. The van der Waals surface area contributed by atoms with Crippen molar-refractivity contribution in [2.75, 3.05) is 32.7 Å². The molecule has 1 N–H and O–H groups in total. The van der Waals surface area contributed by atoms with Gasteiger partial charge in [0.1, 0.15) is 16.4 Å². The van der Waals surface area contributed by atoms with Crippen molar-refractivity contribution >= 4 is 45.0 Å². The van der Waals surface area contributed by atoms with Crippen LogP contribution in [0.3, 0.4) is 0 Å². The van der Waals surface area contributed by atoms with Crippen LogP contribution < -0.4 is 5.32 Å². The third-order valence-corrected chi connectivity index (χ3v) is 7.65. The average Bonchev–Trinajstić information content (AvgIpc) is 3.03. The summed E-state index contributed by atoms with van der Waals surface area (Å²) in [6.07, 6.45) is 0. The van der Waals surface area contributed by atoms with Gasteiger partial charge in [-0.25, -0.2) is 8.42 Å². The van der Waals surface area contributed by atoms with E-state index >= 15 is 0 Å². The van der Waals surface area contributed by atoms with E-state index in [-0.39, 0.29) is 53.6 Å². The summed E-state index contributed by atoms with van der Waals surface area (Å²) in [6.45, 7) is 3.81. The van der Waals surface area contributed by atoms with Crippen molar-refractivity contribution in [2.45, 2.75) is 18.7 Å². The molecule has 1 aromatic carbocycles. The molecule has 2 amide bonds. The first-order chi connectivity index (χ1) is 14.1. The van der Waals surface area contributed by atoms with Gasteiger partial charge in [-0.05, 0) is 32.0 Å². The Morgan fingerprint density at radius 2 is 1.70 bits per heavy atom. The molecule has 1 aliphatic heterocycles. The molecule has 30 heavy (non-hydrogen) atoms. The Morgan fingerprint density at radius 1 is 1.10 bits per heavy atom. The summed E-state index contributed by atoms with van der Waals surface area (Å²) in [6, 6.07) is 6.11. The first kappa shape index (κ1) is 22.6. The van der Waals surface area contributed by atoms with E-state index in [1.807, 2.05) is 0 Å². The maximum atomic E-state index is 12.9. The lowest BCUT2D eigenvalue weighted by Crippen LogP contribution is -2.52. The molecular formula is C19H21Cl2N3O5S. The van der Waals surface area contributed by atoms with E-state index in [0.717, 1.165) is 0 Å². The summed E-state index contributed by atoms with van der Waals surface area (Å²) < 4.78 is 32.4. The number of nitrogens with one attached hydrogen (secondary N) is 1. The predicted molar refractivity (Wildman–Crippen MR) is 112 cm³/mol. The van der Waals surface area contributed by atoms with Crippen molar-refractivity contribution in [1.82, 2.24) is 14.5 Å². The second kappa shape index (κ2) is 8.97. The van der Waals surface area contributed by atoms with Crippen molar-refractivity contribution in [3.05, 3.63) is 51.4 Å². The first-order valence-electron chi connectivity index (χ1n) is 9.18. The quantitative estimate of drug-likeness (QED) is 0.718. The molecular weight excluding hydrogens is 453 g/mol. The number of carbonyl (C=O) groups is 2. The van der Waals surface area contributed by atoms with Crippen molar-refractivity contribution in [3.63, 3.8) is 0 Å². The Morgan fingerprint density at radius 3 is 2.23 bits per heavy atom. The first-order valence-corrected chi connectivity index (χ1v) is 11.4. The molecule has 162 valence electrons. The van der Waals surface area contributed by atoms with Crippen LogP contribution in [-0.4, -0.2) is 62.2 Å². The molecule has 1 aromatic heterocycles. The van der Waals surface area contributed by atoms with Gasteiger partial charge in [-0.2, -0.15) is 4.31 Å². The highest BCUT2D eigenvalue weighted by molar-refractivity contribution is 7.89. The molecule has 1 fully saturated rings. The monoisotopic (exact) mass is 473 g/mol. The Bertz CT molecular complexity index is 1060. The Hall–Kier alpha value is -2.07. The van der Waals surface area contributed by atoms with E-state index in [4.69, 9.17) is 27.6 Å². The normalized spacial score (nSPS) is 15.3. The molecule has 3 rings (SSSR count). The zero-order valence-corrected chi connectivity index (χ0v) is 18.8. The molecule has 0 bridgehead atoms. The fraction of sp³-hybridized carbons (Fsp3) is 0.368. The average molecular weight is 474 g/mol. The van der Waals surface area contributed by atoms with Crippen LogP contribution >= 0.6 is 23.2 Å². The largest absolute Gasteiger partial charge is 0.466 e. The maximum Gasteiger partial charge on any atom is 0.255 e. The number of carbonyl (C=O) groups excluding carboxylic acids is 2. The van der Waals surface area contributed by atoms with Crippen molar-refractivity contribution < 1.29 is 22.4 Å². The van der Waals surface area contributed by atoms with Crippen LogP contribution in [0.5, 0.6) is 0 Å². The summed E-state index contributed by atoms with van der Waals surface area (Å²) >= 11 is 12.1. The van der Waals surface area contributed by atoms with E-state index in [1.165, 1.54) is 21.3 Å². The van der Waals surface area contributed by atoms with Crippen LogP contribution in [0, 0.1) is 13.8 Å². The smallest absolute Gasteiger partial charge is 0.255 e. The van der Waals surface area contributed by atoms with E-state index in [0.29, 0.717) is 17.1 Å². The van der Waals surface area contributed by atoms with Gasteiger partial charge in [-0.1, -0.05) is 29.3 Å². The molecule has 0 unspecified atom stereocenters. The summed E-state index contributed by atoms with van der Waals surface area (Å²) in [4.78, 5) is 26.0. The molecule has 0 aliphatic carbocycles. The molecule has 0 atom stereocenters. The van der Waals surface area contributed by atoms with Crippen LogP contribution in [0.1, 0.15) is 21.9 Å². The number of furan rings is 1. The van der Waals surface area contributed by atoms with Crippen LogP contribution in [0.2, 0.25) is 10.0 Å². The standard InChI is InChI=1S/C19H21Cl2N3O5S/c1-12-10-14(13(2)29-12)19(26)22-11-17(25)23-6-8-24(9-7-23)30(27,28)18-15(20)4-3-5-16(18)21/h3-5,10H,6-9,11H2,1-2H3,(H,22,26). The van der Waals surface area contributed by atoms with Gasteiger partial charge in [-0.15, -0.1) is 0 Å². The lowest BCUT2D eigenvalue weighted by molar-refractivity contribution is -0.131. The number of rotatable bonds is 5. The number of sulfonamides is 1. The Balaban J connectivity index is 1.58. The third-order valence-electron chi connectivity index (χ3n) is 4.79. The zero-order valence-electron chi connectivity index (χ0n) is 16.4. The summed E-state index contributed by atoms with van der Waals surface area (Å²) in [7, 11) is -3.89. The highest BCUT2D eigenvalue weighted by Crippen LogP contribution is 2.31. The number of hydrogen-bond acceptors (Lipinski definition) is 5. The Kier molecular flexibility index (Phi) is 6.76. The van der Waals surface area contributed by atoms with Crippen LogP contribution in [-0.2, 0) is 14.8 Å². The second-order valence-electron chi connectivity index (χ2n) is 6.85. The SMILES string of the molecule is Cc1cc(C(=O)NCC(=O)N2CCN(S(=O)(=O)c3c(Cl)cccc3Cl)CC2)c(C)o1. The molecule has 1 saturated heterocycles. The van der Waals surface area contributed by atoms with Gasteiger partial charge in [0.05, 0.1) is 22.2 Å². The highest BCUT2D eigenvalue weighted by Gasteiger charge is 2.33. The van der Waals surface area contributed by atoms with E-state index in [9.17, 15) is 18.0 Å². The number of amides is 2. The lowest BCUT2D eigenvalue weighted by atomic mass is 10.2. The summed E-state index contributed by atoms with van der Waals surface area (Å²) in [5, 5.41) is 2.67. The van der Waals surface area contributed by atoms with Crippen LogP contribution in [0.25, 0.3) is 0 Å². The molecule has 8 nitrogen and oxygen atoms in total. The molecule has 2 aromatic rings. The minimum Gasteiger partial charge on any atom is -0.466 e. The molecule has 0 radical (unpaired) electrons. The van der Waals surface area contributed by atoms with Crippen molar-refractivity contribution in [1.29, 1.82) is 0 Å². The van der Waals surface area contributed by atoms with Crippen molar-refractivity contribution in [3.8, 4) is 0 Å². The van der Waals surface area contributed by atoms with Gasteiger partial charge in [0.2, 0.25) is 15.9 Å². The number of nitrogens with zero attached hydrogens (tertiary/aromatic N) is 2. The highest BCUT2D eigenvalue weighted by atomic mass is 35.5. The Labute approximate surface area is 184 Å². The van der Waals surface area contributed by atoms with Crippen LogP contribution in [0.15, 0.2) is 33.6 Å². The lowest BCUT2D eigenvalue weighted by Gasteiger charge is -2.34. The van der Waals surface area contributed by atoms with E-state index in [1.54, 1.807) is 26.0 Å². The molecule has 0 spiro atoms. The van der Waals surface area contributed by atoms with Gasteiger partial charge in [0, 0.05) is 26.2 Å². The number of piperazine rings is 1. The van der Waals surface area contributed by atoms with Crippen molar-refractivity contribution in [2.24, 2.45) is 0 Å². The van der Waals surface area contributed by atoms with E-state index < -0.39 is 15.9 Å². The molecule has 0 saturated carbocycles. The molecule has 2 heterocycles. The number of aryl methyl sites for hydroxylation is 2. The minimum absolute atomic E-state index is 0.0495. The topological polar surface area (TPSA) is 99.9 Å². The third kappa shape index (κ3) is 4.64. The zero-order chi connectivity index (χ0) is 22.1. The fourth-order valence-electron chi connectivity index (χ4n) is 3.26. The maximum absolute atomic E-state index is 12.9. The molecule has 1 aliphatic rings. The molecule has 11 heteroatoms. The van der Waals surface area contributed by atoms with Gasteiger partial charge < -0.3 is 14.6 Å². The number of hydrogen-bond donors (Lipinski definition) is 1. The van der Waals surface area contributed by atoms with Crippen LogP contribution in [0.4, 0.5) is 0 Å².